The van der Waals surface area contributed by atoms with Gasteiger partial charge in [-0.3, -0.25) is 14.9 Å². The summed E-state index contributed by atoms with van der Waals surface area (Å²) in [5.41, 5.74) is 1.86. The van der Waals surface area contributed by atoms with Crippen molar-refractivity contribution in [1.82, 2.24) is 5.32 Å². The van der Waals surface area contributed by atoms with E-state index in [2.05, 4.69) is 31.9 Å². The summed E-state index contributed by atoms with van der Waals surface area (Å²) in [7, 11) is 0. The minimum absolute atomic E-state index is 0.0224. The van der Waals surface area contributed by atoms with E-state index in [1.165, 1.54) is 0 Å². The first-order valence-electron chi connectivity index (χ1n) is 9.73. The zero-order chi connectivity index (χ0) is 22.1. The van der Waals surface area contributed by atoms with Gasteiger partial charge < -0.3 is 15.4 Å². The van der Waals surface area contributed by atoms with Crippen LogP contribution in [-0.2, 0) is 4.79 Å². The molecule has 0 radical (unpaired) electrons. The first-order valence-corrected chi connectivity index (χ1v) is 10.9. The predicted octanol–water partition coefficient (Wildman–Crippen LogP) is 5.35. The third kappa shape index (κ3) is 7.76. The highest BCUT2D eigenvalue weighted by atomic mass is 79.9. The molecule has 0 fully saturated rings. The second kappa shape index (κ2) is 11.7. The van der Waals surface area contributed by atoms with E-state index in [1.807, 2.05) is 20.8 Å². The highest BCUT2D eigenvalue weighted by Crippen LogP contribution is 2.26. The molecule has 0 bridgehead atoms. The first-order chi connectivity index (χ1) is 14.3. The van der Waals surface area contributed by atoms with Crippen molar-refractivity contribution in [3.05, 3.63) is 52.5 Å². The van der Waals surface area contributed by atoms with Crippen LogP contribution in [0.5, 0.6) is 5.75 Å². The van der Waals surface area contributed by atoms with Gasteiger partial charge in [0.15, 0.2) is 5.11 Å². The number of ether oxygens (including phenoxy) is 1. The average Bonchev–Trinajstić information content (AvgIpc) is 2.67. The monoisotopic (exact) mass is 491 g/mol. The number of halogens is 1. The summed E-state index contributed by atoms with van der Waals surface area (Å²) in [6, 6.07) is 12.2. The van der Waals surface area contributed by atoms with Gasteiger partial charge >= 0.3 is 0 Å². The number of hydrogen-bond donors (Lipinski definition) is 3. The predicted molar refractivity (Wildman–Crippen MR) is 128 cm³/mol. The van der Waals surface area contributed by atoms with Gasteiger partial charge in [0.2, 0.25) is 5.91 Å². The minimum Gasteiger partial charge on any atom is -0.492 e. The Balaban J connectivity index is 1.90. The van der Waals surface area contributed by atoms with Crippen molar-refractivity contribution in [3.8, 4) is 5.75 Å². The van der Waals surface area contributed by atoms with Crippen LogP contribution in [0.4, 0.5) is 11.4 Å². The van der Waals surface area contributed by atoms with E-state index in [4.69, 9.17) is 17.0 Å². The number of carbonyl (C=O) groups is 2. The molecule has 2 aromatic carbocycles. The van der Waals surface area contributed by atoms with E-state index in [1.54, 1.807) is 42.5 Å². The fourth-order valence-electron chi connectivity index (χ4n) is 2.53. The Morgan fingerprint density at radius 1 is 1.07 bits per heavy atom. The number of carbonyl (C=O) groups excluding carboxylic acids is 2. The molecule has 160 valence electrons. The molecule has 0 saturated heterocycles. The normalized spacial score (nSPS) is 10.4. The van der Waals surface area contributed by atoms with Gasteiger partial charge in [-0.05, 0) is 83.0 Å². The molecule has 0 spiro atoms. The zero-order valence-electron chi connectivity index (χ0n) is 17.3. The maximum absolute atomic E-state index is 12.4. The molecule has 3 N–H and O–H groups in total. The zero-order valence-corrected chi connectivity index (χ0v) is 19.7. The second-order valence-corrected chi connectivity index (χ2v) is 8.39. The Morgan fingerprint density at radius 2 is 1.70 bits per heavy atom. The minimum atomic E-state index is -0.326. The van der Waals surface area contributed by atoms with Gasteiger partial charge in [-0.2, -0.15) is 0 Å². The van der Waals surface area contributed by atoms with E-state index < -0.39 is 0 Å². The molecule has 0 aromatic heterocycles. The molecule has 0 heterocycles. The summed E-state index contributed by atoms with van der Waals surface area (Å²) < 4.78 is 6.30. The largest absolute Gasteiger partial charge is 0.492 e. The van der Waals surface area contributed by atoms with Crippen LogP contribution in [0, 0.1) is 5.92 Å². The van der Waals surface area contributed by atoms with Crippen LogP contribution in [-0.4, -0.2) is 23.5 Å². The van der Waals surface area contributed by atoms with Gasteiger partial charge in [-0.15, -0.1) is 0 Å². The molecular formula is C22H26BrN3O3S. The van der Waals surface area contributed by atoms with Crippen molar-refractivity contribution in [3.63, 3.8) is 0 Å². The molecule has 0 aliphatic carbocycles. The number of anilines is 2. The third-order valence-electron chi connectivity index (χ3n) is 3.90. The van der Waals surface area contributed by atoms with Crippen LogP contribution >= 0.6 is 28.1 Å². The summed E-state index contributed by atoms with van der Waals surface area (Å²) >= 11 is 8.65. The molecular weight excluding hydrogens is 466 g/mol. The van der Waals surface area contributed by atoms with E-state index in [0.717, 1.165) is 6.42 Å². The quantitative estimate of drug-likeness (QED) is 0.433. The van der Waals surface area contributed by atoms with Gasteiger partial charge in [0, 0.05) is 23.4 Å². The maximum atomic E-state index is 12.4. The summed E-state index contributed by atoms with van der Waals surface area (Å²) in [5, 5.41) is 8.64. The molecule has 0 atom stereocenters. The second-order valence-electron chi connectivity index (χ2n) is 7.13. The van der Waals surface area contributed by atoms with Crippen molar-refractivity contribution in [2.45, 2.75) is 33.6 Å². The number of amides is 2. The van der Waals surface area contributed by atoms with Crippen LogP contribution in [0.25, 0.3) is 0 Å². The van der Waals surface area contributed by atoms with Gasteiger partial charge in [0.05, 0.1) is 11.1 Å². The van der Waals surface area contributed by atoms with Gasteiger partial charge in [0.1, 0.15) is 5.75 Å². The molecule has 0 unspecified atom stereocenters. The lowest BCUT2D eigenvalue weighted by Crippen LogP contribution is -2.34. The molecule has 2 aromatic rings. The lowest BCUT2D eigenvalue weighted by Gasteiger charge is -2.12. The Morgan fingerprint density at radius 3 is 2.27 bits per heavy atom. The van der Waals surface area contributed by atoms with Crippen LogP contribution in [0.3, 0.4) is 0 Å². The average molecular weight is 492 g/mol. The van der Waals surface area contributed by atoms with Crippen molar-refractivity contribution in [2.75, 3.05) is 17.2 Å². The van der Waals surface area contributed by atoms with Crippen molar-refractivity contribution in [1.29, 1.82) is 0 Å². The summed E-state index contributed by atoms with van der Waals surface area (Å²) in [6.07, 6.45) is 1.37. The SMILES string of the molecule is CCCOc1ccc(C(=O)NC(=S)Nc2ccc(NC(=O)CC(C)C)cc2)cc1Br. The van der Waals surface area contributed by atoms with Crippen LogP contribution in [0.1, 0.15) is 44.0 Å². The molecule has 0 saturated carbocycles. The summed E-state index contributed by atoms with van der Waals surface area (Å²) in [6.45, 7) is 6.63. The van der Waals surface area contributed by atoms with Crippen LogP contribution in [0.15, 0.2) is 46.9 Å². The maximum Gasteiger partial charge on any atom is 0.257 e. The highest BCUT2D eigenvalue weighted by molar-refractivity contribution is 9.10. The van der Waals surface area contributed by atoms with Crippen LogP contribution < -0.4 is 20.7 Å². The third-order valence-corrected chi connectivity index (χ3v) is 4.73. The lowest BCUT2D eigenvalue weighted by atomic mass is 10.1. The van der Waals surface area contributed by atoms with E-state index in [0.29, 0.717) is 46.1 Å². The summed E-state index contributed by atoms with van der Waals surface area (Å²) in [4.78, 5) is 24.3. The van der Waals surface area contributed by atoms with E-state index in [-0.39, 0.29) is 16.9 Å². The standard InChI is InChI=1S/C22H26BrN3O3S/c1-4-11-29-19-10-5-15(13-18(19)23)21(28)26-22(30)25-17-8-6-16(7-9-17)24-20(27)12-14(2)3/h5-10,13-14H,4,11-12H2,1-3H3,(H,24,27)(H2,25,26,28,30). The van der Waals surface area contributed by atoms with E-state index in [9.17, 15) is 9.59 Å². The summed E-state index contributed by atoms with van der Waals surface area (Å²) in [5.74, 6) is 0.640. The topological polar surface area (TPSA) is 79.5 Å². The fraction of sp³-hybridized carbons (Fsp3) is 0.318. The highest BCUT2D eigenvalue weighted by Gasteiger charge is 2.11. The molecule has 8 heteroatoms. The van der Waals surface area contributed by atoms with Crippen LogP contribution in [0.2, 0.25) is 0 Å². The van der Waals surface area contributed by atoms with E-state index >= 15 is 0 Å². The Kier molecular flexibility index (Phi) is 9.26. The van der Waals surface area contributed by atoms with Crippen molar-refractivity contribution in [2.24, 2.45) is 5.92 Å². The fourth-order valence-corrected chi connectivity index (χ4v) is 3.23. The smallest absolute Gasteiger partial charge is 0.257 e. The molecule has 2 rings (SSSR count). The Bertz CT molecular complexity index is 901. The molecule has 2 amide bonds. The molecule has 6 nitrogen and oxygen atoms in total. The number of thiocarbonyl (C=S) groups is 1. The van der Waals surface area contributed by atoms with Crippen molar-refractivity contribution >= 4 is 56.4 Å². The van der Waals surface area contributed by atoms with Gasteiger partial charge in [-0.25, -0.2) is 0 Å². The number of hydrogen-bond acceptors (Lipinski definition) is 4. The molecule has 30 heavy (non-hydrogen) atoms. The number of benzene rings is 2. The van der Waals surface area contributed by atoms with Gasteiger partial charge in [0.25, 0.3) is 5.91 Å². The molecule has 0 aliphatic rings. The van der Waals surface area contributed by atoms with Crippen molar-refractivity contribution < 1.29 is 14.3 Å². The number of rotatable bonds is 8. The Labute approximate surface area is 190 Å². The first kappa shape index (κ1) is 23.8. The number of nitrogens with one attached hydrogen (secondary N) is 3. The molecule has 0 aliphatic heterocycles. The Hall–Kier alpha value is -2.45. The van der Waals surface area contributed by atoms with Gasteiger partial charge in [-0.1, -0.05) is 20.8 Å². The lowest BCUT2D eigenvalue weighted by molar-refractivity contribution is -0.116.